The van der Waals surface area contributed by atoms with Gasteiger partial charge >= 0.3 is 0 Å². The van der Waals surface area contributed by atoms with Crippen molar-refractivity contribution in [3.05, 3.63) is 119 Å². The highest BCUT2D eigenvalue weighted by Gasteiger charge is 2.23. The molecule has 50 heavy (non-hydrogen) atoms. The van der Waals surface area contributed by atoms with E-state index in [1.54, 1.807) is 0 Å². The highest BCUT2D eigenvalue weighted by Crippen LogP contribution is 2.21. The van der Waals surface area contributed by atoms with Gasteiger partial charge in [0.1, 0.15) is 60.6 Å². The molecule has 0 aromatic heterocycles. The summed E-state index contributed by atoms with van der Waals surface area (Å²) in [6, 6.07) is 32.2. The second kappa shape index (κ2) is 18.4. The van der Waals surface area contributed by atoms with Crippen molar-refractivity contribution in [3.8, 4) is 23.0 Å². The monoisotopic (exact) mass is 678 g/mol. The van der Waals surface area contributed by atoms with Gasteiger partial charge in [0.2, 0.25) is 0 Å². The van der Waals surface area contributed by atoms with Gasteiger partial charge in [0.25, 0.3) is 0 Å². The highest BCUT2D eigenvalue weighted by molar-refractivity contribution is 5.71. The molecule has 4 aromatic rings. The molecular weight excluding hydrogens is 632 g/mol. The SMILES string of the molecule is CC(COCCOCC(C)Oc1ccc(C=Cc2ccc(OCC3CO3)cc2)cc1)Oc1ccc(C=Cc2ccc(OCC3CO3)cc2)cc1. The van der Waals surface area contributed by atoms with Crippen LogP contribution < -0.4 is 18.9 Å². The molecule has 2 heterocycles. The van der Waals surface area contributed by atoms with Crippen molar-refractivity contribution in [2.24, 2.45) is 0 Å². The summed E-state index contributed by atoms with van der Waals surface area (Å²) >= 11 is 0. The van der Waals surface area contributed by atoms with Gasteiger partial charge < -0.3 is 37.9 Å². The highest BCUT2D eigenvalue weighted by atomic mass is 16.6. The van der Waals surface area contributed by atoms with E-state index in [1.807, 2.05) is 111 Å². The zero-order valence-electron chi connectivity index (χ0n) is 28.8. The zero-order valence-corrected chi connectivity index (χ0v) is 28.8. The van der Waals surface area contributed by atoms with Gasteiger partial charge in [-0.25, -0.2) is 0 Å². The van der Waals surface area contributed by atoms with E-state index in [1.165, 1.54) is 0 Å². The maximum absolute atomic E-state index is 6.02. The third-order valence-electron chi connectivity index (χ3n) is 7.89. The van der Waals surface area contributed by atoms with Crippen LogP contribution in [0.15, 0.2) is 97.1 Å². The Morgan fingerprint density at radius 3 is 1.10 bits per heavy atom. The summed E-state index contributed by atoms with van der Waals surface area (Å²) in [5.74, 6) is 3.33. The fourth-order valence-electron chi connectivity index (χ4n) is 4.91. The fourth-order valence-corrected chi connectivity index (χ4v) is 4.91. The van der Waals surface area contributed by atoms with E-state index in [-0.39, 0.29) is 24.4 Å². The second-order valence-electron chi connectivity index (χ2n) is 12.5. The van der Waals surface area contributed by atoms with Gasteiger partial charge in [-0.15, -0.1) is 0 Å². The van der Waals surface area contributed by atoms with E-state index in [9.17, 15) is 0 Å². The van der Waals surface area contributed by atoms with Crippen molar-refractivity contribution >= 4 is 24.3 Å². The summed E-state index contributed by atoms with van der Waals surface area (Å²) < 4.78 is 45.4. The Hall–Kier alpha value is -4.60. The number of hydrogen-bond donors (Lipinski definition) is 0. The molecule has 8 nitrogen and oxygen atoms in total. The Kier molecular flexibility index (Phi) is 13.0. The van der Waals surface area contributed by atoms with Crippen LogP contribution in [0.3, 0.4) is 0 Å². The second-order valence-corrected chi connectivity index (χ2v) is 12.5. The molecule has 0 bridgehead atoms. The minimum atomic E-state index is -0.0867. The Morgan fingerprint density at radius 2 is 0.800 bits per heavy atom. The fraction of sp³-hybridized carbons (Fsp3) is 0.333. The maximum Gasteiger partial charge on any atom is 0.119 e. The summed E-state index contributed by atoms with van der Waals surface area (Å²) in [4.78, 5) is 0. The van der Waals surface area contributed by atoms with E-state index in [0.717, 1.165) is 58.5 Å². The van der Waals surface area contributed by atoms with Gasteiger partial charge in [-0.05, 0) is 84.6 Å². The van der Waals surface area contributed by atoms with E-state index in [0.29, 0.717) is 39.6 Å². The van der Waals surface area contributed by atoms with E-state index in [2.05, 4.69) is 24.3 Å². The molecule has 2 saturated heterocycles. The average molecular weight is 679 g/mol. The third kappa shape index (κ3) is 12.7. The standard InChI is InChI=1S/C42H46O8/c1-31(49-39-19-11-35(12-20-39)5-3-33-7-15-37(16-8-33)45-27-41-29-47-41)25-43-23-24-44-26-32(2)50-40-21-13-36(14-22-40)6-4-34-9-17-38(18-10-34)46-28-42-30-48-42/h3-22,31-32,41-42H,23-30H2,1-2H3. The summed E-state index contributed by atoms with van der Waals surface area (Å²) in [6.45, 7) is 8.73. The Bertz CT molecular complexity index is 1500. The number of hydrogen-bond acceptors (Lipinski definition) is 8. The smallest absolute Gasteiger partial charge is 0.119 e. The van der Waals surface area contributed by atoms with Crippen LogP contribution in [0.4, 0.5) is 0 Å². The van der Waals surface area contributed by atoms with Gasteiger partial charge in [0.05, 0.1) is 39.6 Å². The van der Waals surface area contributed by atoms with Crippen LogP contribution in [-0.4, -0.2) is 77.3 Å². The largest absolute Gasteiger partial charge is 0.491 e. The van der Waals surface area contributed by atoms with Crippen LogP contribution >= 0.6 is 0 Å². The van der Waals surface area contributed by atoms with Gasteiger partial charge in [0.15, 0.2) is 0 Å². The van der Waals surface area contributed by atoms with Crippen LogP contribution in [0.25, 0.3) is 24.3 Å². The molecule has 262 valence electrons. The lowest BCUT2D eigenvalue weighted by Gasteiger charge is -2.17. The van der Waals surface area contributed by atoms with Crippen molar-refractivity contribution in [1.29, 1.82) is 0 Å². The summed E-state index contributed by atoms with van der Waals surface area (Å²) in [5, 5.41) is 0. The molecule has 4 aromatic carbocycles. The molecule has 8 heteroatoms. The first-order valence-corrected chi connectivity index (χ1v) is 17.3. The van der Waals surface area contributed by atoms with Gasteiger partial charge in [-0.3, -0.25) is 0 Å². The molecule has 0 saturated carbocycles. The molecule has 0 N–H and O–H groups in total. The van der Waals surface area contributed by atoms with Gasteiger partial charge in [0, 0.05) is 0 Å². The van der Waals surface area contributed by atoms with Crippen LogP contribution in [0.2, 0.25) is 0 Å². The Balaban J connectivity index is 0.804. The minimum absolute atomic E-state index is 0.0867. The quantitative estimate of drug-likeness (QED) is 0.0501. The van der Waals surface area contributed by atoms with Gasteiger partial charge in [-0.1, -0.05) is 72.8 Å². The van der Waals surface area contributed by atoms with E-state index >= 15 is 0 Å². The predicted molar refractivity (Wildman–Crippen MR) is 196 cm³/mol. The lowest BCUT2D eigenvalue weighted by atomic mass is 10.1. The summed E-state index contributed by atoms with van der Waals surface area (Å²) in [6.07, 6.45) is 8.66. The minimum Gasteiger partial charge on any atom is -0.491 e. The molecule has 4 atom stereocenters. The van der Waals surface area contributed by atoms with Crippen molar-refractivity contribution in [2.75, 3.05) is 52.9 Å². The predicted octanol–water partition coefficient (Wildman–Crippen LogP) is 7.85. The van der Waals surface area contributed by atoms with E-state index in [4.69, 9.17) is 37.9 Å². The molecule has 4 unspecified atom stereocenters. The third-order valence-corrected chi connectivity index (χ3v) is 7.89. The molecule has 6 rings (SSSR count). The average Bonchev–Trinajstić information content (AvgIpc) is 4.08. The number of epoxide rings is 2. The lowest BCUT2D eigenvalue weighted by Crippen LogP contribution is -2.23. The molecule has 2 fully saturated rings. The van der Waals surface area contributed by atoms with Crippen LogP contribution in [0.1, 0.15) is 36.1 Å². The number of benzene rings is 4. The Labute approximate surface area is 295 Å². The topological polar surface area (TPSA) is 80.4 Å². The molecule has 2 aliphatic heterocycles. The van der Waals surface area contributed by atoms with Crippen molar-refractivity contribution < 1.29 is 37.9 Å². The van der Waals surface area contributed by atoms with E-state index < -0.39 is 0 Å². The van der Waals surface area contributed by atoms with Crippen LogP contribution in [-0.2, 0) is 18.9 Å². The molecular formula is C42H46O8. The lowest BCUT2D eigenvalue weighted by molar-refractivity contribution is -0.00159. The number of rotatable bonds is 21. The first-order valence-electron chi connectivity index (χ1n) is 17.3. The van der Waals surface area contributed by atoms with Crippen LogP contribution in [0, 0.1) is 0 Å². The maximum atomic E-state index is 6.02. The van der Waals surface area contributed by atoms with Crippen molar-refractivity contribution in [2.45, 2.75) is 38.3 Å². The van der Waals surface area contributed by atoms with Crippen LogP contribution in [0.5, 0.6) is 23.0 Å². The summed E-state index contributed by atoms with van der Waals surface area (Å²) in [7, 11) is 0. The molecule has 0 aliphatic carbocycles. The van der Waals surface area contributed by atoms with Crippen molar-refractivity contribution in [3.63, 3.8) is 0 Å². The molecule has 0 amide bonds. The van der Waals surface area contributed by atoms with Gasteiger partial charge in [-0.2, -0.15) is 0 Å². The Morgan fingerprint density at radius 1 is 0.500 bits per heavy atom. The number of ether oxygens (including phenoxy) is 8. The summed E-state index contributed by atoms with van der Waals surface area (Å²) in [5.41, 5.74) is 4.40. The normalized spacial score (nSPS) is 17.8. The first-order chi connectivity index (χ1) is 24.5. The molecule has 0 radical (unpaired) electrons. The zero-order chi connectivity index (χ0) is 34.4. The molecule has 0 spiro atoms. The molecule has 2 aliphatic rings. The van der Waals surface area contributed by atoms with Crippen molar-refractivity contribution in [1.82, 2.24) is 0 Å². The first kappa shape index (κ1) is 35.2.